The third kappa shape index (κ3) is 6.13. The zero-order valence-electron chi connectivity index (χ0n) is 16.7. The molecular weight excluding hydrogens is 346 g/mol. The minimum absolute atomic E-state index is 0.0232. The first-order valence-electron chi connectivity index (χ1n) is 10.3. The van der Waals surface area contributed by atoms with E-state index in [-0.39, 0.29) is 35.5 Å². The molecule has 152 valence electrons. The number of rotatable bonds is 12. The molecule has 2 aliphatic heterocycles. The van der Waals surface area contributed by atoms with Gasteiger partial charge in [0.15, 0.2) is 0 Å². The number of amides is 4. The molecule has 1 N–H and O–H groups in total. The summed E-state index contributed by atoms with van der Waals surface area (Å²) in [5, 5.41) is 3.40. The van der Waals surface area contributed by atoms with Gasteiger partial charge in [-0.25, -0.2) is 0 Å². The molecule has 2 heterocycles. The molecule has 2 unspecified atom stereocenters. The standard InChI is InChI=1S/C20H33N3O4/c1-15-13-17(24)22(19(15)26)11-7-3-5-9-21-10-6-4-8-12-23-18(25)14-16(2)20(23)27/h15-16,21H,3-14H2,1-2H3. The Bertz CT molecular complexity index is 515. The molecule has 0 radical (unpaired) electrons. The van der Waals surface area contributed by atoms with E-state index in [4.69, 9.17) is 0 Å². The summed E-state index contributed by atoms with van der Waals surface area (Å²) in [6.45, 7) is 6.58. The van der Waals surface area contributed by atoms with Gasteiger partial charge in [0.05, 0.1) is 0 Å². The summed E-state index contributed by atoms with van der Waals surface area (Å²) in [7, 11) is 0. The van der Waals surface area contributed by atoms with Crippen molar-refractivity contribution in [3.63, 3.8) is 0 Å². The Hall–Kier alpha value is -1.76. The Morgan fingerprint density at radius 3 is 1.44 bits per heavy atom. The summed E-state index contributed by atoms with van der Waals surface area (Å²) in [6.07, 6.45) is 6.50. The molecule has 0 saturated carbocycles. The zero-order chi connectivity index (χ0) is 19.8. The van der Waals surface area contributed by atoms with E-state index in [9.17, 15) is 19.2 Å². The smallest absolute Gasteiger partial charge is 0.232 e. The molecule has 0 spiro atoms. The fourth-order valence-corrected chi connectivity index (χ4v) is 3.68. The van der Waals surface area contributed by atoms with Crippen LogP contribution in [0.2, 0.25) is 0 Å². The zero-order valence-corrected chi connectivity index (χ0v) is 16.7. The van der Waals surface area contributed by atoms with Crippen LogP contribution in [0.1, 0.15) is 65.2 Å². The van der Waals surface area contributed by atoms with Gasteiger partial charge in [-0.2, -0.15) is 0 Å². The molecule has 0 aromatic heterocycles. The van der Waals surface area contributed by atoms with E-state index in [0.717, 1.165) is 51.6 Å². The Balaban J connectivity index is 1.40. The van der Waals surface area contributed by atoms with Gasteiger partial charge < -0.3 is 5.32 Å². The van der Waals surface area contributed by atoms with Crippen molar-refractivity contribution in [1.82, 2.24) is 15.1 Å². The number of carbonyl (C=O) groups is 4. The average molecular weight is 380 g/mol. The number of imide groups is 2. The Morgan fingerprint density at radius 2 is 1.11 bits per heavy atom. The first-order valence-corrected chi connectivity index (χ1v) is 10.3. The van der Waals surface area contributed by atoms with Crippen molar-refractivity contribution in [2.75, 3.05) is 26.2 Å². The Morgan fingerprint density at radius 1 is 0.704 bits per heavy atom. The van der Waals surface area contributed by atoms with Crippen LogP contribution in [-0.2, 0) is 19.2 Å². The van der Waals surface area contributed by atoms with E-state index in [1.54, 1.807) is 0 Å². The molecule has 2 saturated heterocycles. The van der Waals surface area contributed by atoms with Crippen molar-refractivity contribution in [3.05, 3.63) is 0 Å². The largest absolute Gasteiger partial charge is 0.317 e. The van der Waals surface area contributed by atoms with Gasteiger partial charge in [0.25, 0.3) is 0 Å². The summed E-state index contributed by atoms with van der Waals surface area (Å²) in [5.41, 5.74) is 0. The molecule has 4 amide bonds. The molecule has 2 fully saturated rings. The summed E-state index contributed by atoms with van der Waals surface area (Å²) in [6, 6.07) is 0. The lowest BCUT2D eigenvalue weighted by atomic mass is 10.1. The molecule has 2 atom stereocenters. The topological polar surface area (TPSA) is 86.8 Å². The molecule has 0 aromatic carbocycles. The molecule has 2 rings (SSSR count). The second kappa shape index (κ2) is 10.5. The molecule has 0 aromatic rings. The van der Waals surface area contributed by atoms with Crippen LogP contribution in [0.5, 0.6) is 0 Å². The fourth-order valence-electron chi connectivity index (χ4n) is 3.68. The minimum atomic E-state index is -0.149. The van der Waals surface area contributed by atoms with Crippen LogP contribution in [0.15, 0.2) is 0 Å². The maximum absolute atomic E-state index is 11.8. The van der Waals surface area contributed by atoms with Crippen LogP contribution >= 0.6 is 0 Å². The van der Waals surface area contributed by atoms with Gasteiger partial charge in [-0.1, -0.05) is 26.7 Å². The van der Waals surface area contributed by atoms with Crippen molar-refractivity contribution in [1.29, 1.82) is 0 Å². The normalized spacial score (nSPS) is 23.2. The third-order valence-electron chi connectivity index (χ3n) is 5.41. The van der Waals surface area contributed by atoms with E-state index >= 15 is 0 Å². The highest BCUT2D eigenvalue weighted by molar-refractivity contribution is 6.03. The lowest BCUT2D eigenvalue weighted by Gasteiger charge is -2.14. The van der Waals surface area contributed by atoms with Crippen molar-refractivity contribution >= 4 is 23.6 Å². The first-order chi connectivity index (χ1) is 12.9. The Kier molecular flexibility index (Phi) is 8.41. The number of unbranched alkanes of at least 4 members (excludes halogenated alkanes) is 4. The van der Waals surface area contributed by atoms with Crippen molar-refractivity contribution in [3.8, 4) is 0 Å². The second-order valence-corrected chi connectivity index (χ2v) is 7.85. The third-order valence-corrected chi connectivity index (χ3v) is 5.41. The quantitative estimate of drug-likeness (QED) is 0.412. The van der Waals surface area contributed by atoms with Crippen LogP contribution in [0.4, 0.5) is 0 Å². The predicted octanol–water partition coefficient (Wildman–Crippen LogP) is 1.71. The van der Waals surface area contributed by atoms with Crippen molar-refractivity contribution in [2.45, 2.75) is 65.2 Å². The lowest BCUT2D eigenvalue weighted by molar-refractivity contribution is -0.140. The van der Waals surface area contributed by atoms with E-state index in [1.165, 1.54) is 9.80 Å². The van der Waals surface area contributed by atoms with Gasteiger partial charge in [0.2, 0.25) is 23.6 Å². The monoisotopic (exact) mass is 379 g/mol. The molecular formula is C20H33N3O4. The van der Waals surface area contributed by atoms with Gasteiger partial charge in [-0.15, -0.1) is 0 Å². The number of carbonyl (C=O) groups excluding carboxylic acids is 4. The molecule has 0 aliphatic carbocycles. The van der Waals surface area contributed by atoms with Crippen LogP contribution < -0.4 is 5.32 Å². The van der Waals surface area contributed by atoms with E-state index in [2.05, 4.69) is 5.32 Å². The summed E-state index contributed by atoms with van der Waals surface area (Å²) in [4.78, 5) is 49.8. The van der Waals surface area contributed by atoms with Crippen molar-refractivity contribution < 1.29 is 19.2 Å². The van der Waals surface area contributed by atoms with Gasteiger partial charge >= 0.3 is 0 Å². The Labute approximate surface area is 161 Å². The maximum Gasteiger partial charge on any atom is 0.232 e. The minimum Gasteiger partial charge on any atom is -0.317 e. The molecule has 7 nitrogen and oxygen atoms in total. The number of likely N-dealkylation sites (tertiary alicyclic amines) is 2. The number of nitrogens with one attached hydrogen (secondary N) is 1. The van der Waals surface area contributed by atoms with Crippen LogP contribution in [0.25, 0.3) is 0 Å². The summed E-state index contributed by atoms with van der Waals surface area (Å²) in [5.74, 6) is -0.404. The highest BCUT2D eigenvalue weighted by Gasteiger charge is 2.35. The van der Waals surface area contributed by atoms with Gasteiger partial charge in [0.1, 0.15) is 0 Å². The van der Waals surface area contributed by atoms with Crippen molar-refractivity contribution in [2.24, 2.45) is 11.8 Å². The lowest BCUT2D eigenvalue weighted by Crippen LogP contribution is -2.31. The second-order valence-electron chi connectivity index (χ2n) is 7.85. The molecule has 0 bridgehead atoms. The molecule has 7 heteroatoms. The molecule has 2 aliphatic rings. The van der Waals surface area contributed by atoms with Gasteiger partial charge in [-0.05, 0) is 38.8 Å². The number of hydrogen-bond acceptors (Lipinski definition) is 5. The van der Waals surface area contributed by atoms with Crippen LogP contribution in [-0.4, -0.2) is 59.6 Å². The van der Waals surface area contributed by atoms with Gasteiger partial charge in [0, 0.05) is 37.8 Å². The first kappa shape index (κ1) is 21.5. The number of hydrogen-bond donors (Lipinski definition) is 1. The van der Waals surface area contributed by atoms with Crippen LogP contribution in [0, 0.1) is 11.8 Å². The average Bonchev–Trinajstić information content (AvgIpc) is 3.01. The highest BCUT2D eigenvalue weighted by Crippen LogP contribution is 2.20. The SMILES string of the molecule is CC1CC(=O)N(CCCCCNCCCCCN2C(=O)CC(C)C2=O)C1=O. The van der Waals surface area contributed by atoms with E-state index < -0.39 is 0 Å². The van der Waals surface area contributed by atoms with Gasteiger partial charge in [-0.3, -0.25) is 29.0 Å². The summed E-state index contributed by atoms with van der Waals surface area (Å²) >= 11 is 0. The van der Waals surface area contributed by atoms with E-state index in [1.807, 2.05) is 13.8 Å². The fraction of sp³-hybridized carbons (Fsp3) is 0.800. The van der Waals surface area contributed by atoms with E-state index in [0.29, 0.717) is 25.9 Å². The highest BCUT2D eigenvalue weighted by atomic mass is 16.2. The summed E-state index contributed by atoms with van der Waals surface area (Å²) < 4.78 is 0. The maximum atomic E-state index is 11.8. The van der Waals surface area contributed by atoms with Crippen LogP contribution in [0.3, 0.4) is 0 Å². The predicted molar refractivity (Wildman–Crippen MR) is 102 cm³/mol. The molecule has 27 heavy (non-hydrogen) atoms. The number of nitrogens with zero attached hydrogens (tertiary/aromatic N) is 2.